The number of hydrazine groups is 1. The zero-order chi connectivity index (χ0) is 13.2. The highest BCUT2D eigenvalue weighted by atomic mass is 32.2. The minimum absolute atomic E-state index is 0.0295. The lowest BCUT2D eigenvalue weighted by Gasteiger charge is -2.24. The first-order valence-electron chi connectivity index (χ1n) is 6.06. The van der Waals surface area contributed by atoms with Gasteiger partial charge in [0.1, 0.15) is 11.9 Å². The molecule has 6 heteroatoms. The van der Waals surface area contributed by atoms with Crippen LogP contribution in [0, 0.1) is 0 Å². The van der Waals surface area contributed by atoms with Crippen LogP contribution in [-0.2, 0) is 10.2 Å². The smallest absolute Gasteiger partial charge is 0.160 e. The van der Waals surface area contributed by atoms with E-state index < -0.39 is 0 Å². The largest absolute Gasteiger partial charge is 0.368 e. The Morgan fingerprint density at radius 2 is 2.22 bits per heavy atom. The number of hydrogen-bond acceptors (Lipinski definition) is 6. The SMILES string of the molecule is CC(C)(C)c1cc(NN)nc(C2CSCCO2)n1. The Morgan fingerprint density at radius 1 is 1.44 bits per heavy atom. The lowest BCUT2D eigenvalue weighted by Crippen LogP contribution is -2.23. The van der Waals surface area contributed by atoms with Crippen molar-refractivity contribution >= 4 is 17.6 Å². The van der Waals surface area contributed by atoms with Crippen molar-refractivity contribution in [3.63, 3.8) is 0 Å². The van der Waals surface area contributed by atoms with Gasteiger partial charge in [-0.05, 0) is 0 Å². The van der Waals surface area contributed by atoms with Crippen molar-refractivity contribution < 1.29 is 4.74 Å². The summed E-state index contributed by atoms with van der Waals surface area (Å²) in [5, 5.41) is 0. The molecular weight excluding hydrogens is 248 g/mol. The first-order chi connectivity index (χ1) is 8.50. The van der Waals surface area contributed by atoms with Gasteiger partial charge in [-0.1, -0.05) is 20.8 Å². The van der Waals surface area contributed by atoms with Crippen molar-refractivity contribution in [1.82, 2.24) is 9.97 Å². The standard InChI is InChI=1S/C12H20N4OS/c1-12(2,3)9-6-10(16-13)15-11(14-9)8-7-18-5-4-17-8/h6,8H,4-5,7,13H2,1-3H3,(H,14,15,16). The van der Waals surface area contributed by atoms with Crippen molar-refractivity contribution in [1.29, 1.82) is 0 Å². The highest BCUT2D eigenvalue weighted by Crippen LogP contribution is 2.28. The van der Waals surface area contributed by atoms with Gasteiger partial charge in [-0.2, -0.15) is 11.8 Å². The van der Waals surface area contributed by atoms with Crippen molar-refractivity contribution in [3.05, 3.63) is 17.6 Å². The van der Waals surface area contributed by atoms with Gasteiger partial charge in [0.05, 0.1) is 12.3 Å². The number of ether oxygens (including phenoxy) is 1. The monoisotopic (exact) mass is 268 g/mol. The fourth-order valence-corrected chi connectivity index (χ4v) is 2.54. The lowest BCUT2D eigenvalue weighted by atomic mass is 9.92. The van der Waals surface area contributed by atoms with Crippen LogP contribution in [0.3, 0.4) is 0 Å². The van der Waals surface area contributed by atoms with Gasteiger partial charge >= 0.3 is 0 Å². The summed E-state index contributed by atoms with van der Waals surface area (Å²) in [5.74, 6) is 8.78. The third-order valence-electron chi connectivity index (χ3n) is 2.76. The van der Waals surface area contributed by atoms with Crippen LogP contribution in [0.15, 0.2) is 6.07 Å². The molecule has 1 unspecified atom stereocenters. The van der Waals surface area contributed by atoms with Gasteiger partial charge < -0.3 is 10.2 Å². The summed E-state index contributed by atoms with van der Waals surface area (Å²) in [7, 11) is 0. The Kier molecular flexibility index (Phi) is 4.09. The van der Waals surface area contributed by atoms with Gasteiger partial charge in [0.15, 0.2) is 5.82 Å². The van der Waals surface area contributed by atoms with Crippen LogP contribution in [0.4, 0.5) is 5.82 Å². The number of hydrogen-bond donors (Lipinski definition) is 2. The van der Waals surface area contributed by atoms with Crippen molar-refractivity contribution in [2.75, 3.05) is 23.5 Å². The number of nitrogens with two attached hydrogens (primary N) is 1. The van der Waals surface area contributed by atoms with Crippen LogP contribution in [0.5, 0.6) is 0 Å². The van der Waals surface area contributed by atoms with Crippen LogP contribution >= 0.6 is 11.8 Å². The molecule has 1 atom stereocenters. The fourth-order valence-electron chi connectivity index (χ4n) is 1.70. The number of nitrogen functional groups attached to an aromatic ring is 1. The second-order valence-corrected chi connectivity index (χ2v) is 6.48. The van der Waals surface area contributed by atoms with E-state index in [1.807, 2.05) is 17.8 Å². The maximum Gasteiger partial charge on any atom is 0.160 e. The molecule has 2 rings (SSSR count). The van der Waals surface area contributed by atoms with E-state index in [0.717, 1.165) is 29.6 Å². The second-order valence-electron chi connectivity index (χ2n) is 5.33. The quantitative estimate of drug-likeness (QED) is 0.630. The Morgan fingerprint density at radius 3 is 2.78 bits per heavy atom. The third kappa shape index (κ3) is 3.13. The molecule has 0 aliphatic carbocycles. The van der Waals surface area contributed by atoms with E-state index >= 15 is 0 Å². The highest BCUT2D eigenvalue weighted by molar-refractivity contribution is 7.99. The maximum absolute atomic E-state index is 5.72. The molecule has 0 amide bonds. The Balaban J connectivity index is 2.34. The topological polar surface area (TPSA) is 73.1 Å². The van der Waals surface area contributed by atoms with Crippen molar-refractivity contribution in [2.45, 2.75) is 32.3 Å². The van der Waals surface area contributed by atoms with E-state index in [0.29, 0.717) is 5.82 Å². The number of rotatable bonds is 2. The van der Waals surface area contributed by atoms with Crippen LogP contribution < -0.4 is 11.3 Å². The van der Waals surface area contributed by atoms with Gasteiger partial charge in [-0.3, -0.25) is 0 Å². The number of anilines is 1. The molecule has 0 saturated carbocycles. The zero-order valence-corrected chi connectivity index (χ0v) is 11.9. The maximum atomic E-state index is 5.72. The first-order valence-corrected chi connectivity index (χ1v) is 7.21. The summed E-state index contributed by atoms with van der Waals surface area (Å²) >= 11 is 1.87. The molecule has 1 aromatic heterocycles. The van der Waals surface area contributed by atoms with Gasteiger partial charge in [-0.25, -0.2) is 15.8 Å². The lowest BCUT2D eigenvalue weighted by molar-refractivity contribution is 0.0692. The van der Waals surface area contributed by atoms with Crippen LogP contribution in [0.2, 0.25) is 0 Å². The average molecular weight is 268 g/mol. The molecule has 0 aromatic carbocycles. The number of nitrogens with one attached hydrogen (secondary N) is 1. The highest BCUT2D eigenvalue weighted by Gasteiger charge is 2.23. The summed E-state index contributed by atoms with van der Waals surface area (Å²) in [4.78, 5) is 9.03. The van der Waals surface area contributed by atoms with E-state index in [4.69, 9.17) is 10.6 Å². The normalized spacial score (nSPS) is 20.8. The summed E-state index contributed by atoms with van der Waals surface area (Å²) in [6, 6.07) is 1.89. The predicted molar refractivity (Wildman–Crippen MR) is 74.6 cm³/mol. The zero-order valence-electron chi connectivity index (χ0n) is 11.1. The van der Waals surface area contributed by atoms with E-state index in [1.165, 1.54) is 0 Å². The van der Waals surface area contributed by atoms with E-state index in [-0.39, 0.29) is 11.5 Å². The molecule has 2 heterocycles. The van der Waals surface area contributed by atoms with E-state index in [1.54, 1.807) is 0 Å². The summed E-state index contributed by atoms with van der Waals surface area (Å²) in [6.07, 6.45) is -0.0295. The molecule has 1 aliphatic heterocycles. The van der Waals surface area contributed by atoms with Gasteiger partial charge in [-0.15, -0.1) is 0 Å². The molecule has 0 spiro atoms. The Labute approximate surface area is 112 Å². The van der Waals surface area contributed by atoms with Crippen molar-refractivity contribution in [2.24, 2.45) is 5.84 Å². The molecule has 0 bridgehead atoms. The minimum Gasteiger partial charge on any atom is -0.368 e. The second kappa shape index (κ2) is 5.42. The minimum atomic E-state index is -0.0366. The van der Waals surface area contributed by atoms with Crippen LogP contribution in [0.1, 0.15) is 38.4 Å². The number of thioether (sulfide) groups is 1. The summed E-state index contributed by atoms with van der Waals surface area (Å²) in [5.41, 5.74) is 3.54. The molecule has 1 saturated heterocycles. The fraction of sp³-hybridized carbons (Fsp3) is 0.667. The molecule has 1 fully saturated rings. The predicted octanol–water partition coefficient (Wildman–Crippen LogP) is 1.86. The first kappa shape index (κ1) is 13.6. The van der Waals surface area contributed by atoms with E-state index in [2.05, 4.69) is 36.2 Å². The van der Waals surface area contributed by atoms with E-state index in [9.17, 15) is 0 Å². The Hall–Kier alpha value is -0.850. The average Bonchev–Trinajstić information content (AvgIpc) is 2.38. The molecular formula is C12H20N4OS. The molecule has 18 heavy (non-hydrogen) atoms. The van der Waals surface area contributed by atoms with Crippen molar-refractivity contribution in [3.8, 4) is 0 Å². The summed E-state index contributed by atoms with van der Waals surface area (Å²) < 4.78 is 5.72. The van der Waals surface area contributed by atoms with Gasteiger partial charge in [0.25, 0.3) is 0 Å². The molecule has 0 radical (unpaired) electrons. The van der Waals surface area contributed by atoms with Gasteiger partial charge in [0.2, 0.25) is 0 Å². The molecule has 1 aromatic rings. The summed E-state index contributed by atoms with van der Waals surface area (Å²) in [6.45, 7) is 7.12. The molecule has 3 N–H and O–H groups in total. The van der Waals surface area contributed by atoms with Crippen LogP contribution in [0.25, 0.3) is 0 Å². The number of aromatic nitrogens is 2. The number of nitrogens with zero attached hydrogens (tertiary/aromatic N) is 2. The molecule has 1 aliphatic rings. The molecule has 5 nitrogen and oxygen atoms in total. The van der Waals surface area contributed by atoms with Crippen LogP contribution in [-0.4, -0.2) is 28.1 Å². The molecule has 100 valence electrons. The third-order valence-corrected chi connectivity index (χ3v) is 3.76. The van der Waals surface area contributed by atoms with Gasteiger partial charge in [0, 0.05) is 23.0 Å². The Bertz CT molecular complexity index is 413.